The topological polar surface area (TPSA) is 49.1 Å². The molecule has 0 amide bonds. The molecule has 0 aliphatic heterocycles. The number of para-hydroxylation sites is 1. The van der Waals surface area contributed by atoms with Gasteiger partial charge in [-0.3, -0.25) is 4.68 Å². The minimum Gasteiger partial charge on any atom is -0.465 e. The van der Waals surface area contributed by atoms with Gasteiger partial charge in [0.1, 0.15) is 0 Å². The zero-order chi connectivity index (χ0) is 15.9. The van der Waals surface area contributed by atoms with Crippen LogP contribution >= 0.6 is 0 Å². The Hall–Kier alpha value is -2.56. The van der Waals surface area contributed by atoms with Crippen LogP contribution in [0.3, 0.4) is 0 Å². The second-order valence-corrected chi connectivity index (χ2v) is 5.65. The fourth-order valence-electron chi connectivity index (χ4n) is 2.73. The third-order valence-electron chi connectivity index (χ3n) is 3.85. The summed E-state index contributed by atoms with van der Waals surface area (Å²) in [5, 5.41) is 5.30. The van der Waals surface area contributed by atoms with E-state index in [-0.39, 0.29) is 5.97 Å². The lowest BCUT2D eigenvalue weighted by molar-refractivity contribution is 0.0603. The van der Waals surface area contributed by atoms with Crippen LogP contribution in [0.5, 0.6) is 0 Å². The van der Waals surface area contributed by atoms with E-state index in [1.54, 1.807) is 0 Å². The number of aromatic nitrogens is 3. The minimum absolute atomic E-state index is 0.312. The Bertz CT molecular complexity index is 843. The molecule has 2 aromatic heterocycles. The lowest BCUT2D eigenvalue weighted by Gasteiger charge is -2.05. The van der Waals surface area contributed by atoms with E-state index in [9.17, 15) is 4.79 Å². The maximum absolute atomic E-state index is 11.9. The number of hydrogen-bond acceptors (Lipinski definition) is 3. The smallest absolute Gasteiger partial charge is 0.340 e. The molecule has 1 aromatic carbocycles. The Balaban J connectivity index is 2.22. The predicted octanol–water partition coefficient (Wildman–Crippen LogP) is 3.41. The van der Waals surface area contributed by atoms with Gasteiger partial charge in [-0.05, 0) is 13.8 Å². The fourth-order valence-corrected chi connectivity index (χ4v) is 2.73. The zero-order valence-electron chi connectivity index (χ0n) is 13.2. The quantitative estimate of drug-likeness (QED) is 0.696. The van der Waals surface area contributed by atoms with Gasteiger partial charge in [0.15, 0.2) is 0 Å². The van der Waals surface area contributed by atoms with Gasteiger partial charge in [0.25, 0.3) is 0 Å². The zero-order valence-corrected chi connectivity index (χ0v) is 13.2. The molecule has 0 fully saturated rings. The summed E-state index contributed by atoms with van der Waals surface area (Å²) < 4.78 is 8.76. The number of carbonyl (C=O) groups excluding carboxylic acids is 1. The van der Waals surface area contributed by atoms with E-state index in [1.165, 1.54) is 7.11 Å². The van der Waals surface area contributed by atoms with Crippen LogP contribution in [0.1, 0.15) is 30.2 Å². The molecule has 5 heteroatoms. The first-order valence-corrected chi connectivity index (χ1v) is 7.23. The third kappa shape index (κ3) is 2.19. The Morgan fingerprint density at radius 2 is 2.05 bits per heavy atom. The normalized spacial score (nSPS) is 11.3. The molecule has 5 nitrogen and oxygen atoms in total. The Morgan fingerprint density at radius 1 is 1.27 bits per heavy atom. The Labute approximate surface area is 129 Å². The van der Waals surface area contributed by atoms with E-state index in [0.29, 0.717) is 11.6 Å². The van der Waals surface area contributed by atoms with Crippen molar-refractivity contribution >= 4 is 16.9 Å². The summed E-state index contributed by atoms with van der Waals surface area (Å²) in [6, 6.07) is 6.26. The van der Waals surface area contributed by atoms with Crippen molar-refractivity contribution in [2.24, 2.45) is 7.05 Å². The van der Waals surface area contributed by atoms with Gasteiger partial charge in [-0.25, -0.2) is 4.79 Å². The van der Waals surface area contributed by atoms with Gasteiger partial charge >= 0.3 is 5.97 Å². The molecule has 22 heavy (non-hydrogen) atoms. The summed E-state index contributed by atoms with van der Waals surface area (Å²) in [7, 11) is 3.34. The van der Waals surface area contributed by atoms with Crippen molar-refractivity contribution in [2.45, 2.75) is 19.9 Å². The van der Waals surface area contributed by atoms with Crippen molar-refractivity contribution in [1.82, 2.24) is 14.3 Å². The first-order chi connectivity index (χ1) is 10.5. The van der Waals surface area contributed by atoms with Crippen LogP contribution in [0.25, 0.3) is 22.0 Å². The number of methoxy groups -OCH3 is 1. The van der Waals surface area contributed by atoms with Crippen molar-refractivity contribution in [3.8, 4) is 11.1 Å². The number of esters is 1. The van der Waals surface area contributed by atoms with Crippen molar-refractivity contribution in [2.75, 3.05) is 7.11 Å². The van der Waals surface area contributed by atoms with Gasteiger partial charge in [-0.1, -0.05) is 18.2 Å². The van der Waals surface area contributed by atoms with Gasteiger partial charge in [-0.2, -0.15) is 5.10 Å². The number of aryl methyl sites for hydroxylation is 1. The average molecular weight is 297 g/mol. The third-order valence-corrected chi connectivity index (χ3v) is 3.85. The summed E-state index contributed by atoms with van der Waals surface area (Å²) in [4.78, 5) is 11.9. The lowest BCUT2D eigenvalue weighted by atomic mass is 10.0. The molecule has 0 radical (unpaired) electrons. The van der Waals surface area contributed by atoms with E-state index in [4.69, 9.17) is 4.74 Å². The molecule has 3 rings (SSSR count). The van der Waals surface area contributed by atoms with Crippen molar-refractivity contribution in [3.05, 3.63) is 42.4 Å². The van der Waals surface area contributed by atoms with Gasteiger partial charge in [0.05, 0.1) is 24.4 Å². The number of nitrogens with zero attached hydrogens (tertiary/aromatic N) is 3. The SMILES string of the molecule is COC(=O)c1cn(C)c2c(-c3cnn(C(C)C)c3)cccc12. The molecule has 3 aromatic rings. The second kappa shape index (κ2) is 5.33. The molecule has 0 aliphatic rings. The highest BCUT2D eigenvalue weighted by atomic mass is 16.5. The monoisotopic (exact) mass is 297 g/mol. The maximum Gasteiger partial charge on any atom is 0.340 e. The number of fused-ring (bicyclic) bond motifs is 1. The number of rotatable bonds is 3. The van der Waals surface area contributed by atoms with E-state index < -0.39 is 0 Å². The molecule has 0 bridgehead atoms. The average Bonchev–Trinajstić information content (AvgIpc) is 3.12. The molecule has 114 valence electrons. The molecular formula is C17H19N3O2. The summed E-state index contributed by atoms with van der Waals surface area (Å²) in [5.74, 6) is -0.319. The Morgan fingerprint density at radius 3 is 2.68 bits per heavy atom. The van der Waals surface area contributed by atoms with E-state index in [2.05, 4.69) is 18.9 Å². The highest BCUT2D eigenvalue weighted by Crippen LogP contribution is 2.31. The summed E-state index contributed by atoms with van der Waals surface area (Å²) in [5.41, 5.74) is 3.68. The van der Waals surface area contributed by atoms with E-state index in [0.717, 1.165) is 22.0 Å². The van der Waals surface area contributed by atoms with Gasteiger partial charge in [0, 0.05) is 42.0 Å². The van der Waals surface area contributed by atoms with E-state index >= 15 is 0 Å². The summed E-state index contributed by atoms with van der Waals surface area (Å²) >= 11 is 0. The van der Waals surface area contributed by atoms with Gasteiger partial charge in [-0.15, -0.1) is 0 Å². The van der Waals surface area contributed by atoms with E-state index in [1.807, 2.05) is 53.1 Å². The Kier molecular flexibility index (Phi) is 3.48. The highest BCUT2D eigenvalue weighted by molar-refractivity contribution is 6.08. The van der Waals surface area contributed by atoms with Crippen LogP contribution < -0.4 is 0 Å². The van der Waals surface area contributed by atoms with Crippen LogP contribution in [-0.2, 0) is 11.8 Å². The molecule has 0 saturated carbocycles. The van der Waals surface area contributed by atoms with Gasteiger partial charge in [0.2, 0.25) is 0 Å². The van der Waals surface area contributed by atoms with Crippen molar-refractivity contribution in [1.29, 1.82) is 0 Å². The maximum atomic E-state index is 11.9. The first kappa shape index (κ1) is 14.4. The summed E-state index contributed by atoms with van der Waals surface area (Å²) in [6.07, 6.45) is 5.71. The molecule has 0 aliphatic carbocycles. The largest absolute Gasteiger partial charge is 0.465 e. The molecule has 2 heterocycles. The van der Waals surface area contributed by atoms with Crippen molar-refractivity contribution in [3.63, 3.8) is 0 Å². The first-order valence-electron chi connectivity index (χ1n) is 7.23. The second-order valence-electron chi connectivity index (χ2n) is 5.65. The molecular weight excluding hydrogens is 278 g/mol. The number of hydrogen-bond donors (Lipinski definition) is 0. The number of benzene rings is 1. The molecule has 0 saturated heterocycles. The predicted molar refractivity (Wildman–Crippen MR) is 85.9 cm³/mol. The lowest BCUT2D eigenvalue weighted by Crippen LogP contribution is -1.99. The van der Waals surface area contributed by atoms with Gasteiger partial charge < -0.3 is 9.30 Å². The van der Waals surface area contributed by atoms with Crippen LogP contribution in [0.4, 0.5) is 0 Å². The highest BCUT2D eigenvalue weighted by Gasteiger charge is 2.17. The molecule has 0 spiro atoms. The molecule has 0 unspecified atom stereocenters. The van der Waals surface area contributed by atoms with Crippen LogP contribution in [0.2, 0.25) is 0 Å². The van der Waals surface area contributed by atoms with Crippen molar-refractivity contribution < 1.29 is 9.53 Å². The van der Waals surface area contributed by atoms with Crippen LogP contribution in [0.15, 0.2) is 36.8 Å². The van der Waals surface area contributed by atoms with Crippen LogP contribution in [-0.4, -0.2) is 27.4 Å². The number of ether oxygens (including phenoxy) is 1. The van der Waals surface area contributed by atoms with Crippen LogP contribution in [0, 0.1) is 0 Å². The standard InChI is InChI=1S/C17H19N3O2/c1-11(2)20-9-12(8-18-20)13-6-5-7-14-15(17(21)22-4)10-19(3)16(13)14/h5-11H,1-4H3. The molecule has 0 N–H and O–H groups in total. The minimum atomic E-state index is -0.319. The fraction of sp³-hybridized carbons (Fsp3) is 0.294. The summed E-state index contributed by atoms with van der Waals surface area (Å²) in [6.45, 7) is 4.18. The number of carbonyl (C=O) groups is 1. The molecule has 0 atom stereocenters.